The number of hydrogen-bond acceptors (Lipinski definition) is 6. The molecule has 1 N–H and O–H groups in total. The van der Waals surface area contributed by atoms with Gasteiger partial charge in [0, 0.05) is 19.3 Å². The van der Waals surface area contributed by atoms with E-state index in [2.05, 4.69) is 10.3 Å². The van der Waals surface area contributed by atoms with Crippen LogP contribution in [-0.4, -0.2) is 34.5 Å². The number of carbonyl (C=O) groups excluding carboxylic acids is 1. The lowest BCUT2D eigenvalue weighted by molar-refractivity contribution is -0.117. The molecule has 0 spiro atoms. The fourth-order valence-corrected chi connectivity index (χ4v) is 4.00. The Morgan fingerprint density at radius 3 is 2.76 bits per heavy atom. The number of pyridine rings is 1. The SMILES string of the molecule is Cc1cc(C)cc(Oc2nc3c(C)cccn3c(=O)c2C=C(C#N)C(=O)NCC2CCCO2)c1. The van der Waals surface area contributed by atoms with Crippen molar-refractivity contribution >= 4 is 17.6 Å². The van der Waals surface area contributed by atoms with Crippen molar-refractivity contribution in [3.05, 3.63) is 74.7 Å². The molecule has 4 rings (SSSR count). The van der Waals surface area contributed by atoms with Crippen molar-refractivity contribution in [3.8, 4) is 17.7 Å². The first-order valence-corrected chi connectivity index (χ1v) is 11.2. The number of aromatic nitrogens is 2. The van der Waals surface area contributed by atoms with Crippen molar-refractivity contribution in [2.24, 2.45) is 0 Å². The third kappa shape index (κ3) is 5.00. The van der Waals surface area contributed by atoms with Gasteiger partial charge in [0.25, 0.3) is 11.5 Å². The zero-order chi connectivity index (χ0) is 24.2. The molecule has 1 fully saturated rings. The highest BCUT2D eigenvalue weighted by molar-refractivity contribution is 6.01. The number of fused-ring (bicyclic) bond motifs is 1. The number of aryl methyl sites for hydroxylation is 3. The Labute approximate surface area is 197 Å². The van der Waals surface area contributed by atoms with E-state index in [1.165, 1.54) is 10.5 Å². The zero-order valence-electron chi connectivity index (χ0n) is 19.4. The van der Waals surface area contributed by atoms with Gasteiger partial charge < -0.3 is 14.8 Å². The largest absolute Gasteiger partial charge is 0.438 e. The van der Waals surface area contributed by atoms with Crippen LogP contribution in [0, 0.1) is 32.1 Å². The van der Waals surface area contributed by atoms with E-state index in [1.54, 1.807) is 12.3 Å². The summed E-state index contributed by atoms with van der Waals surface area (Å²) in [5.41, 5.74) is 2.58. The number of nitrogens with one attached hydrogen (secondary N) is 1. The second kappa shape index (κ2) is 9.89. The molecule has 34 heavy (non-hydrogen) atoms. The molecule has 1 amide bonds. The molecule has 1 aromatic carbocycles. The molecule has 3 heterocycles. The molecule has 3 aromatic rings. The number of rotatable bonds is 6. The first kappa shape index (κ1) is 23.2. The molecule has 1 aliphatic heterocycles. The minimum absolute atomic E-state index is 0.0195. The predicted molar refractivity (Wildman–Crippen MR) is 128 cm³/mol. The lowest BCUT2D eigenvalue weighted by atomic mass is 10.1. The topological polar surface area (TPSA) is 106 Å². The molecule has 1 aliphatic rings. The van der Waals surface area contributed by atoms with Gasteiger partial charge in [-0.15, -0.1) is 0 Å². The van der Waals surface area contributed by atoms with Gasteiger partial charge in [0.1, 0.15) is 28.6 Å². The molecule has 0 saturated carbocycles. The standard InChI is InChI=1S/C26H26N4O4/c1-16-10-17(2)12-21(11-16)34-25-22(26(32)30-8-4-6-18(3)23(30)29-25)13-19(14-27)24(31)28-15-20-7-5-9-33-20/h4,6,8,10-13,20H,5,7,9,15H2,1-3H3,(H,28,31). The maximum Gasteiger partial charge on any atom is 0.269 e. The predicted octanol–water partition coefficient (Wildman–Crippen LogP) is 3.61. The Balaban J connectivity index is 1.78. The molecule has 1 unspecified atom stereocenters. The normalized spacial score (nSPS) is 15.8. The van der Waals surface area contributed by atoms with Gasteiger partial charge in [-0.1, -0.05) is 12.1 Å². The first-order chi connectivity index (χ1) is 16.4. The van der Waals surface area contributed by atoms with E-state index in [-0.39, 0.29) is 23.1 Å². The number of ether oxygens (including phenoxy) is 2. The van der Waals surface area contributed by atoms with Crippen LogP contribution in [0.3, 0.4) is 0 Å². The van der Waals surface area contributed by atoms with Gasteiger partial charge in [-0.05, 0) is 74.6 Å². The molecule has 0 aliphatic carbocycles. The molecular weight excluding hydrogens is 432 g/mol. The van der Waals surface area contributed by atoms with Crippen molar-refractivity contribution in [2.75, 3.05) is 13.2 Å². The van der Waals surface area contributed by atoms with Crippen LogP contribution in [0.25, 0.3) is 11.7 Å². The van der Waals surface area contributed by atoms with Crippen LogP contribution in [0.15, 0.2) is 46.9 Å². The summed E-state index contributed by atoms with van der Waals surface area (Å²) in [4.78, 5) is 30.7. The van der Waals surface area contributed by atoms with Gasteiger partial charge in [-0.3, -0.25) is 14.0 Å². The molecule has 2 aromatic heterocycles. The maximum atomic E-state index is 13.4. The van der Waals surface area contributed by atoms with Crippen LogP contribution in [-0.2, 0) is 9.53 Å². The number of hydrogen-bond donors (Lipinski definition) is 1. The molecule has 174 valence electrons. The average molecular weight is 459 g/mol. The summed E-state index contributed by atoms with van der Waals surface area (Å²) in [5, 5.41) is 12.4. The van der Waals surface area contributed by atoms with E-state index < -0.39 is 11.5 Å². The number of amides is 1. The zero-order valence-corrected chi connectivity index (χ0v) is 19.4. The van der Waals surface area contributed by atoms with E-state index in [1.807, 2.05) is 51.1 Å². The van der Waals surface area contributed by atoms with Crippen LogP contribution in [0.1, 0.15) is 35.1 Å². The fourth-order valence-electron chi connectivity index (χ4n) is 4.00. The smallest absolute Gasteiger partial charge is 0.269 e. The first-order valence-electron chi connectivity index (χ1n) is 11.2. The molecular formula is C26H26N4O4. The Morgan fingerprint density at radius 1 is 1.32 bits per heavy atom. The Kier molecular flexibility index (Phi) is 6.75. The summed E-state index contributed by atoms with van der Waals surface area (Å²) in [6, 6.07) is 11.2. The maximum absolute atomic E-state index is 13.4. The fraction of sp³-hybridized carbons (Fsp3) is 0.308. The molecule has 8 nitrogen and oxygen atoms in total. The average Bonchev–Trinajstić information content (AvgIpc) is 3.31. The summed E-state index contributed by atoms with van der Waals surface area (Å²) >= 11 is 0. The van der Waals surface area contributed by atoms with E-state index in [0.29, 0.717) is 24.5 Å². The Hall–Kier alpha value is -3.96. The summed E-state index contributed by atoms with van der Waals surface area (Å²) in [6.45, 7) is 6.70. The minimum atomic E-state index is -0.580. The highest BCUT2D eigenvalue weighted by Crippen LogP contribution is 2.26. The van der Waals surface area contributed by atoms with E-state index in [9.17, 15) is 14.9 Å². The van der Waals surface area contributed by atoms with Crippen molar-refractivity contribution in [1.29, 1.82) is 5.26 Å². The van der Waals surface area contributed by atoms with E-state index in [4.69, 9.17) is 9.47 Å². The van der Waals surface area contributed by atoms with Gasteiger partial charge >= 0.3 is 0 Å². The second-order valence-corrected chi connectivity index (χ2v) is 8.46. The summed E-state index contributed by atoms with van der Waals surface area (Å²) in [5.74, 6) is -0.0357. The summed E-state index contributed by atoms with van der Waals surface area (Å²) < 4.78 is 13.0. The Morgan fingerprint density at radius 2 is 2.09 bits per heavy atom. The Bertz CT molecular complexity index is 1360. The van der Waals surface area contributed by atoms with E-state index >= 15 is 0 Å². The van der Waals surface area contributed by atoms with Gasteiger partial charge in [0.15, 0.2) is 0 Å². The van der Waals surface area contributed by atoms with Crippen LogP contribution in [0.2, 0.25) is 0 Å². The summed E-state index contributed by atoms with van der Waals surface area (Å²) in [7, 11) is 0. The number of carbonyl (C=O) groups is 1. The van der Waals surface area contributed by atoms with Crippen molar-refractivity contribution < 1.29 is 14.3 Å². The number of nitrogens with zero attached hydrogens (tertiary/aromatic N) is 3. The van der Waals surface area contributed by atoms with Gasteiger partial charge in [0.05, 0.1) is 6.10 Å². The van der Waals surface area contributed by atoms with Gasteiger partial charge in [0.2, 0.25) is 5.88 Å². The molecule has 1 atom stereocenters. The second-order valence-electron chi connectivity index (χ2n) is 8.46. The number of benzene rings is 1. The van der Waals surface area contributed by atoms with Gasteiger partial charge in [-0.2, -0.15) is 10.2 Å². The lowest BCUT2D eigenvalue weighted by Gasteiger charge is -2.13. The summed E-state index contributed by atoms with van der Waals surface area (Å²) in [6.07, 6.45) is 4.57. The third-order valence-electron chi connectivity index (χ3n) is 5.63. The highest BCUT2D eigenvalue weighted by Gasteiger charge is 2.20. The molecule has 1 saturated heterocycles. The van der Waals surface area contributed by atoms with Crippen LogP contribution >= 0.6 is 0 Å². The minimum Gasteiger partial charge on any atom is -0.438 e. The van der Waals surface area contributed by atoms with Crippen molar-refractivity contribution in [3.63, 3.8) is 0 Å². The van der Waals surface area contributed by atoms with Crippen LogP contribution in [0.5, 0.6) is 11.6 Å². The molecule has 0 bridgehead atoms. The molecule has 8 heteroatoms. The number of nitriles is 1. The van der Waals surface area contributed by atoms with Crippen LogP contribution in [0.4, 0.5) is 0 Å². The third-order valence-corrected chi connectivity index (χ3v) is 5.63. The quantitative estimate of drug-likeness (QED) is 0.447. The highest BCUT2D eigenvalue weighted by atomic mass is 16.5. The van der Waals surface area contributed by atoms with Crippen LogP contribution < -0.4 is 15.6 Å². The lowest BCUT2D eigenvalue weighted by Crippen LogP contribution is -2.32. The van der Waals surface area contributed by atoms with Crippen molar-refractivity contribution in [2.45, 2.75) is 39.7 Å². The van der Waals surface area contributed by atoms with Gasteiger partial charge in [-0.25, -0.2) is 0 Å². The van der Waals surface area contributed by atoms with E-state index in [0.717, 1.165) is 29.5 Å². The van der Waals surface area contributed by atoms with Crippen molar-refractivity contribution in [1.82, 2.24) is 14.7 Å². The monoisotopic (exact) mass is 458 g/mol. The molecule has 0 radical (unpaired) electrons.